The van der Waals surface area contributed by atoms with E-state index in [4.69, 9.17) is 4.52 Å². The van der Waals surface area contributed by atoms with Gasteiger partial charge in [-0.1, -0.05) is 17.3 Å². The summed E-state index contributed by atoms with van der Waals surface area (Å²) in [6.45, 7) is 1.86. The van der Waals surface area contributed by atoms with E-state index in [0.29, 0.717) is 17.4 Å². The van der Waals surface area contributed by atoms with E-state index in [1.54, 1.807) is 31.3 Å². The van der Waals surface area contributed by atoms with Crippen molar-refractivity contribution in [1.29, 1.82) is 0 Å². The molecule has 0 unspecified atom stereocenters. The molecule has 112 valence electrons. The van der Waals surface area contributed by atoms with E-state index in [2.05, 4.69) is 20.4 Å². The predicted octanol–water partition coefficient (Wildman–Crippen LogP) is 2.44. The van der Waals surface area contributed by atoms with Crippen molar-refractivity contribution >= 4 is 5.91 Å². The first-order chi connectivity index (χ1) is 10.6. The third-order valence-corrected chi connectivity index (χ3v) is 3.07. The lowest BCUT2D eigenvalue weighted by atomic mass is 10.1. The van der Waals surface area contributed by atoms with Gasteiger partial charge in [-0.3, -0.25) is 4.79 Å². The lowest BCUT2D eigenvalue weighted by molar-refractivity contribution is 0.0942. The molecular weight excluding hydrogens is 287 g/mol. The van der Waals surface area contributed by atoms with Crippen LogP contribution in [0.2, 0.25) is 0 Å². The van der Waals surface area contributed by atoms with Gasteiger partial charge in [0.25, 0.3) is 5.91 Å². The number of H-pyrrole nitrogens is 1. The molecule has 2 heterocycles. The summed E-state index contributed by atoms with van der Waals surface area (Å²) in [6, 6.07) is 7.75. The minimum Gasteiger partial charge on any atom is -0.357 e. The van der Waals surface area contributed by atoms with Crippen LogP contribution in [0.1, 0.15) is 22.2 Å². The molecule has 0 aliphatic rings. The van der Waals surface area contributed by atoms with Crippen LogP contribution in [0.3, 0.4) is 0 Å². The van der Waals surface area contributed by atoms with E-state index < -0.39 is 0 Å². The van der Waals surface area contributed by atoms with Gasteiger partial charge in [0.1, 0.15) is 11.5 Å². The van der Waals surface area contributed by atoms with Crippen LogP contribution < -0.4 is 5.32 Å². The summed E-state index contributed by atoms with van der Waals surface area (Å²) in [7, 11) is 0. The van der Waals surface area contributed by atoms with Gasteiger partial charge in [0.15, 0.2) is 5.82 Å². The van der Waals surface area contributed by atoms with Crippen molar-refractivity contribution in [3.8, 4) is 11.1 Å². The molecule has 2 aromatic heterocycles. The summed E-state index contributed by atoms with van der Waals surface area (Å²) in [5.74, 6) is 0.273. The predicted molar refractivity (Wildman–Crippen MR) is 76.4 cm³/mol. The summed E-state index contributed by atoms with van der Waals surface area (Å²) >= 11 is 0. The quantitative estimate of drug-likeness (QED) is 0.775. The van der Waals surface area contributed by atoms with Crippen LogP contribution in [0, 0.1) is 12.7 Å². The minimum absolute atomic E-state index is 0.157. The maximum absolute atomic E-state index is 12.9. The van der Waals surface area contributed by atoms with Crippen molar-refractivity contribution in [3.63, 3.8) is 0 Å². The molecule has 0 fully saturated rings. The fourth-order valence-corrected chi connectivity index (χ4v) is 2.00. The van der Waals surface area contributed by atoms with Gasteiger partial charge >= 0.3 is 0 Å². The molecule has 2 N–H and O–H groups in total. The normalized spacial score (nSPS) is 10.6. The fraction of sp³-hybridized carbons (Fsp3) is 0.133. The van der Waals surface area contributed by atoms with Gasteiger partial charge in [-0.15, -0.1) is 0 Å². The highest BCUT2D eigenvalue weighted by molar-refractivity contribution is 5.93. The Hall–Kier alpha value is -2.96. The molecule has 1 amide bonds. The Morgan fingerprint density at radius 1 is 1.32 bits per heavy atom. The van der Waals surface area contributed by atoms with Gasteiger partial charge in [-0.05, 0) is 36.2 Å². The number of nitrogens with one attached hydrogen (secondary N) is 2. The standard InChI is InChI=1S/C15H13FN4O2/c1-9-19-14(22-20-9)8-18-15(21)13-6-11(7-17-13)10-2-4-12(16)5-3-10/h2-7,17H,8H2,1H3,(H,18,21). The molecule has 6 nitrogen and oxygen atoms in total. The Kier molecular flexibility index (Phi) is 3.69. The van der Waals surface area contributed by atoms with Crippen molar-refractivity contribution < 1.29 is 13.7 Å². The zero-order chi connectivity index (χ0) is 15.5. The Balaban J connectivity index is 1.67. The van der Waals surface area contributed by atoms with Crippen LogP contribution in [0.25, 0.3) is 11.1 Å². The van der Waals surface area contributed by atoms with Gasteiger partial charge in [0.2, 0.25) is 5.89 Å². The van der Waals surface area contributed by atoms with E-state index in [-0.39, 0.29) is 18.3 Å². The topological polar surface area (TPSA) is 83.8 Å². The maximum Gasteiger partial charge on any atom is 0.268 e. The number of nitrogens with zero attached hydrogens (tertiary/aromatic N) is 2. The second-order valence-electron chi connectivity index (χ2n) is 4.73. The molecule has 0 spiro atoms. The molecule has 22 heavy (non-hydrogen) atoms. The van der Waals surface area contributed by atoms with Crippen LogP contribution in [0.15, 0.2) is 41.1 Å². The molecule has 0 bridgehead atoms. The van der Waals surface area contributed by atoms with Crippen molar-refractivity contribution in [1.82, 2.24) is 20.4 Å². The number of carbonyl (C=O) groups is 1. The molecule has 0 aliphatic carbocycles. The van der Waals surface area contributed by atoms with Crippen LogP contribution in [0.4, 0.5) is 4.39 Å². The van der Waals surface area contributed by atoms with E-state index in [9.17, 15) is 9.18 Å². The SMILES string of the molecule is Cc1noc(CNC(=O)c2cc(-c3ccc(F)cc3)c[nH]2)n1. The second-order valence-corrected chi connectivity index (χ2v) is 4.73. The molecule has 1 aromatic carbocycles. The van der Waals surface area contributed by atoms with Crippen LogP contribution in [-0.2, 0) is 6.54 Å². The van der Waals surface area contributed by atoms with Gasteiger partial charge in [-0.2, -0.15) is 4.98 Å². The number of benzene rings is 1. The molecular formula is C15H13FN4O2. The van der Waals surface area contributed by atoms with Crippen molar-refractivity contribution in [3.05, 3.63) is 59.8 Å². The molecule has 0 saturated heterocycles. The highest BCUT2D eigenvalue weighted by Crippen LogP contribution is 2.20. The maximum atomic E-state index is 12.9. The number of amides is 1. The minimum atomic E-state index is -0.299. The Labute approximate surface area is 125 Å². The molecule has 0 radical (unpaired) electrons. The molecule has 3 aromatic rings. The zero-order valence-corrected chi connectivity index (χ0v) is 11.8. The lowest BCUT2D eigenvalue weighted by Crippen LogP contribution is -2.23. The Bertz CT molecular complexity index is 792. The number of hydrogen-bond donors (Lipinski definition) is 2. The molecule has 0 saturated carbocycles. The highest BCUT2D eigenvalue weighted by Gasteiger charge is 2.11. The monoisotopic (exact) mass is 300 g/mol. The second kappa shape index (κ2) is 5.80. The van der Waals surface area contributed by atoms with Crippen LogP contribution >= 0.6 is 0 Å². The average molecular weight is 300 g/mol. The summed E-state index contributed by atoms with van der Waals surface area (Å²) in [5.41, 5.74) is 2.03. The van der Waals surface area contributed by atoms with Crippen LogP contribution in [0.5, 0.6) is 0 Å². The Morgan fingerprint density at radius 2 is 2.09 bits per heavy atom. The number of aryl methyl sites for hydroxylation is 1. The van der Waals surface area contributed by atoms with E-state index in [1.165, 1.54) is 12.1 Å². The number of carbonyl (C=O) groups excluding carboxylic acids is 1. The largest absolute Gasteiger partial charge is 0.357 e. The van der Waals surface area contributed by atoms with E-state index in [0.717, 1.165) is 11.1 Å². The molecule has 3 rings (SSSR count). The smallest absolute Gasteiger partial charge is 0.268 e. The summed E-state index contributed by atoms with van der Waals surface area (Å²) < 4.78 is 17.8. The zero-order valence-electron chi connectivity index (χ0n) is 11.8. The number of aromatic nitrogens is 3. The van der Waals surface area contributed by atoms with Gasteiger partial charge in [0, 0.05) is 6.20 Å². The molecule has 0 atom stereocenters. The number of hydrogen-bond acceptors (Lipinski definition) is 4. The number of halogens is 1. The number of rotatable bonds is 4. The summed E-state index contributed by atoms with van der Waals surface area (Å²) in [4.78, 5) is 18.9. The lowest BCUT2D eigenvalue weighted by Gasteiger charge is -1.99. The number of aromatic amines is 1. The summed E-state index contributed by atoms with van der Waals surface area (Å²) in [5, 5.41) is 6.32. The third kappa shape index (κ3) is 3.03. The first-order valence-corrected chi connectivity index (χ1v) is 6.63. The van der Waals surface area contributed by atoms with Crippen LogP contribution in [-0.4, -0.2) is 21.0 Å². The van der Waals surface area contributed by atoms with Gasteiger partial charge in [0.05, 0.1) is 6.54 Å². The fourth-order valence-electron chi connectivity index (χ4n) is 2.00. The van der Waals surface area contributed by atoms with E-state index in [1.807, 2.05) is 0 Å². The summed E-state index contributed by atoms with van der Waals surface area (Å²) in [6.07, 6.45) is 1.69. The first kappa shape index (κ1) is 14.0. The van der Waals surface area contributed by atoms with Crippen molar-refractivity contribution in [2.75, 3.05) is 0 Å². The third-order valence-electron chi connectivity index (χ3n) is 3.07. The van der Waals surface area contributed by atoms with Gasteiger partial charge in [-0.25, -0.2) is 4.39 Å². The molecule has 0 aliphatic heterocycles. The van der Waals surface area contributed by atoms with Gasteiger partial charge < -0.3 is 14.8 Å². The molecule has 7 heteroatoms. The van der Waals surface area contributed by atoms with E-state index >= 15 is 0 Å². The average Bonchev–Trinajstić information content (AvgIpc) is 3.15. The van der Waals surface area contributed by atoms with Crippen molar-refractivity contribution in [2.24, 2.45) is 0 Å². The first-order valence-electron chi connectivity index (χ1n) is 6.63. The van der Waals surface area contributed by atoms with Crippen molar-refractivity contribution in [2.45, 2.75) is 13.5 Å². The Morgan fingerprint density at radius 3 is 2.77 bits per heavy atom. The highest BCUT2D eigenvalue weighted by atomic mass is 19.1.